The van der Waals surface area contributed by atoms with E-state index in [0.29, 0.717) is 28.8 Å². The molecule has 0 fully saturated rings. The number of benzene rings is 1. The lowest BCUT2D eigenvalue weighted by Gasteiger charge is -2.21. The predicted octanol–water partition coefficient (Wildman–Crippen LogP) is 6.16. The van der Waals surface area contributed by atoms with Gasteiger partial charge >= 0.3 is 6.18 Å². The Hall–Kier alpha value is -2.87. The first-order chi connectivity index (χ1) is 13.5. The van der Waals surface area contributed by atoms with Gasteiger partial charge in [0, 0.05) is 17.8 Å². The first kappa shape index (κ1) is 20.9. The van der Waals surface area contributed by atoms with Crippen LogP contribution in [0.25, 0.3) is 11.4 Å². The molecule has 3 aromatic rings. The number of nitrogens with one attached hydrogen (secondary N) is 2. The molecule has 9 heteroatoms. The van der Waals surface area contributed by atoms with E-state index in [1.807, 2.05) is 26.8 Å². The van der Waals surface area contributed by atoms with E-state index in [2.05, 4.69) is 25.6 Å². The highest BCUT2D eigenvalue weighted by molar-refractivity contribution is 6.33. The monoisotopic (exact) mass is 421 g/mol. The molecule has 0 saturated heterocycles. The lowest BCUT2D eigenvalue weighted by atomic mass is 10.1. The van der Waals surface area contributed by atoms with Gasteiger partial charge in [0.05, 0.1) is 27.7 Å². The van der Waals surface area contributed by atoms with Crippen LogP contribution in [0.2, 0.25) is 5.02 Å². The minimum absolute atomic E-state index is 0.0665. The van der Waals surface area contributed by atoms with E-state index in [9.17, 15) is 13.2 Å². The molecule has 0 amide bonds. The molecule has 3 rings (SSSR count). The van der Waals surface area contributed by atoms with Crippen LogP contribution < -0.4 is 10.6 Å². The highest BCUT2D eigenvalue weighted by Gasteiger charge is 2.31. The van der Waals surface area contributed by atoms with E-state index in [-0.39, 0.29) is 10.6 Å². The Morgan fingerprint density at radius 2 is 1.69 bits per heavy atom. The summed E-state index contributed by atoms with van der Waals surface area (Å²) >= 11 is 6.05. The Labute approximate surface area is 171 Å². The fraction of sp³-hybridized carbons (Fsp3) is 0.250. The maximum absolute atomic E-state index is 12.9. The van der Waals surface area contributed by atoms with Crippen molar-refractivity contribution in [1.29, 1.82) is 0 Å². The van der Waals surface area contributed by atoms with Crippen LogP contribution in [0.1, 0.15) is 26.3 Å². The Kier molecular flexibility index (Phi) is 5.66. The van der Waals surface area contributed by atoms with Crippen LogP contribution in [-0.2, 0) is 6.18 Å². The molecule has 0 unspecified atom stereocenters. The minimum atomic E-state index is -4.47. The molecule has 0 spiro atoms. The van der Waals surface area contributed by atoms with Crippen molar-refractivity contribution in [3.8, 4) is 11.4 Å². The molecule has 2 aromatic heterocycles. The standard InChI is InChI=1S/C20H19ClF3N5/c1-19(2,3)29-18-27-16(15-6-4-5-9-25-15)11-17(28-18)26-14-8-7-12(10-13(14)21)20(22,23)24/h4-11H,1-3H3,(H2,26,27,28,29). The van der Waals surface area contributed by atoms with E-state index >= 15 is 0 Å². The van der Waals surface area contributed by atoms with E-state index in [0.717, 1.165) is 12.1 Å². The molecule has 2 N–H and O–H groups in total. The maximum atomic E-state index is 12.9. The van der Waals surface area contributed by atoms with Crippen molar-refractivity contribution in [2.24, 2.45) is 0 Å². The molecular formula is C20H19ClF3N5. The molecule has 152 valence electrons. The van der Waals surface area contributed by atoms with Gasteiger partial charge in [0.2, 0.25) is 5.95 Å². The number of pyridine rings is 1. The molecule has 0 aliphatic heterocycles. The van der Waals surface area contributed by atoms with Gasteiger partial charge in [-0.25, -0.2) is 4.98 Å². The van der Waals surface area contributed by atoms with Crippen LogP contribution in [0.15, 0.2) is 48.7 Å². The second-order valence-corrected chi connectivity index (χ2v) is 7.78. The highest BCUT2D eigenvalue weighted by atomic mass is 35.5. The predicted molar refractivity (Wildman–Crippen MR) is 108 cm³/mol. The van der Waals surface area contributed by atoms with Crippen molar-refractivity contribution in [3.05, 3.63) is 59.2 Å². The topological polar surface area (TPSA) is 62.7 Å². The van der Waals surface area contributed by atoms with Crippen molar-refractivity contribution >= 4 is 29.1 Å². The summed E-state index contributed by atoms with van der Waals surface area (Å²) in [6.07, 6.45) is -2.82. The molecule has 5 nitrogen and oxygen atoms in total. The first-order valence-corrected chi connectivity index (χ1v) is 9.11. The normalized spacial score (nSPS) is 12.0. The lowest BCUT2D eigenvalue weighted by molar-refractivity contribution is -0.137. The second-order valence-electron chi connectivity index (χ2n) is 7.37. The molecule has 0 bridgehead atoms. The average molecular weight is 422 g/mol. The molecule has 0 saturated carbocycles. The van der Waals surface area contributed by atoms with Crippen molar-refractivity contribution in [2.45, 2.75) is 32.5 Å². The molecule has 1 aromatic carbocycles. The summed E-state index contributed by atoms with van der Waals surface area (Å²) in [7, 11) is 0. The average Bonchev–Trinajstić information content (AvgIpc) is 2.61. The van der Waals surface area contributed by atoms with E-state index in [4.69, 9.17) is 11.6 Å². The summed E-state index contributed by atoms with van der Waals surface area (Å²) in [4.78, 5) is 13.2. The Morgan fingerprint density at radius 3 is 2.28 bits per heavy atom. The summed E-state index contributed by atoms with van der Waals surface area (Å²) < 4.78 is 38.6. The molecule has 0 aliphatic rings. The summed E-state index contributed by atoms with van der Waals surface area (Å²) in [5.41, 5.74) is 0.366. The van der Waals surface area contributed by atoms with Gasteiger partial charge < -0.3 is 10.6 Å². The number of aromatic nitrogens is 3. The number of halogens is 4. The Morgan fingerprint density at radius 1 is 0.931 bits per heavy atom. The van der Waals surface area contributed by atoms with Crippen molar-refractivity contribution in [3.63, 3.8) is 0 Å². The summed E-state index contributed by atoms with van der Waals surface area (Å²) in [5, 5.41) is 6.09. The third kappa shape index (κ3) is 5.57. The van der Waals surface area contributed by atoms with Gasteiger partial charge in [-0.2, -0.15) is 18.2 Å². The van der Waals surface area contributed by atoms with Crippen LogP contribution in [0, 0.1) is 0 Å². The second kappa shape index (κ2) is 7.87. The van der Waals surface area contributed by atoms with Gasteiger partial charge in [-0.3, -0.25) is 4.98 Å². The molecule has 0 radical (unpaired) electrons. The van der Waals surface area contributed by atoms with E-state index in [1.54, 1.807) is 24.4 Å². The smallest absolute Gasteiger partial charge is 0.350 e. The molecule has 0 atom stereocenters. The van der Waals surface area contributed by atoms with Crippen LogP contribution >= 0.6 is 11.6 Å². The van der Waals surface area contributed by atoms with Gasteiger partial charge in [-0.05, 0) is 51.1 Å². The van der Waals surface area contributed by atoms with Gasteiger partial charge in [-0.15, -0.1) is 0 Å². The van der Waals surface area contributed by atoms with Crippen molar-refractivity contribution in [1.82, 2.24) is 15.0 Å². The molecule has 0 aliphatic carbocycles. The van der Waals surface area contributed by atoms with Gasteiger partial charge in [0.1, 0.15) is 5.82 Å². The summed E-state index contributed by atoms with van der Waals surface area (Å²) in [6.45, 7) is 5.89. The third-order valence-electron chi connectivity index (χ3n) is 3.70. The summed E-state index contributed by atoms with van der Waals surface area (Å²) in [6, 6.07) is 10.2. The Balaban J connectivity index is 1.99. The fourth-order valence-electron chi connectivity index (χ4n) is 2.48. The first-order valence-electron chi connectivity index (χ1n) is 8.74. The van der Waals surface area contributed by atoms with E-state index < -0.39 is 11.7 Å². The van der Waals surface area contributed by atoms with Crippen LogP contribution in [0.3, 0.4) is 0 Å². The molecule has 2 heterocycles. The van der Waals surface area contributed by atoms with Crippen LogP contribution in [0.4, 0.5) is 30.6 Å². The van der Waals surface area contributed by atoms with Crippen molar-refractivity contribution in [2.75, 3.05) is 10.6 Å². The SMILES string of the molecule is CC(C)(C)Nc1nc(Nc2ccc(C(F)(F)F)cc2Cl)cc(-c2ccccn2)n1. The van der Waals surface area contributed by atoms with Gasteiger partial charge in [0.25, 0.3) is 0 Å². The number of hydrogen-bond donors (Lipinski definition) is 2. The van der Waals surface area contributed by atoms with Crippen LogP contribution in [-0.4, -0.2) is 20.5 Å². The summed E-state index contributed by atoms with van der Waals surface area (Å²) in [5.74, 6) is 0.722. The molecule has 29 heavy (non-hydrogen) atoms. The fourth-order valence-corrected chi connectivity index (χ4v) is 2.71. The van der Waals surface area contributed by atoms with Gasteiger partial charge in [0.15, 0.2) is 0 Å². The zero-order valence-electron chi connectivity index (χ0n) is 16.0. The zero-order valence-corrected chi connectivity index (χ0v) is 16.7. The third-order valence-corrected chi connectivity index (χ3v) is 4.01. The maximum Gasteiger partial charge on any atom is 0.416 e. The van der Waals surface area contributed by atoms with Crippen LogP contribution in [0.5, 0.6) is 0 Å². The Bertz CT molecular complexity index is 1000. The molecular weight excluding hydrogens is 403 g/mol. The quantitative estimate of drug-likeness (QED) is 0.527. The van der Waals surface area contributed by atoms with Gasteiger partial charge in [-0.1, -0.05) is 17.7 Å². The number of rotatable bonds is 4. The number of nitrogens with zero attached hydrogens (tertiary/aromatic N) is 3. The minimum Gasteiger partial charge on any atom is -0.350 e. The highest BCUT2D eigenvalue weighted by Crippen LogP contribution is 2.35. The number of alkyl halides is 3. The number of hydrogen-bond acceptors (Lipinski definition) is 5. The van der Waals surface area contributed by atoms with Crippen molar-refractivity contribution < 1.29 is 13.2 Å². The lowest BCUT2D eigenvalue weighted by Crippen LogP contribution is -2.27. The number of anilines is 3. The van der Waals surface area contributed by atoms with E-state index in [1.165, 1.54) is 6.07 Å². The zero-order chi connectivity index (χ0) is 21.2. The largest absolute Gasteiger partial charge is 0.416 e.